The van der Waals surface area contributed by atoms with E-state index in [0.29, 0.717) is 11.3 Å². The molecule has 0 saturated heterocycles. The quantitative estimate of drug-likeness (QED) is 0.252. The normalized spacial score (nSPS) is 11.8. The van der Waals surface area contributed by atoms with E-state index in [1.54, 1.807) is 0 Å². The molecule has 0 spiro atoms. The van der Waals surface area contributed by atoms with E-state index in [2.05, 4.69) is 6.92 Å². The number of hydrogen-bond donors (Lipinski definition) is 0. The highest BCUT2D eigenvalue weighted by Crippen LogP contribution is 2.12. The molecule has 0 saturated carbocycles. The smallest absolute Gasteiger partial charge is 0.161 e. The second-order valence-corrected chi connectivity index (χ2v) is 5.11. The predicted molar refractivity (Wildman–Crippen MR) is 76.5 cm³/mol. The largest absolute Gasteiger partial charge is 0.297 e. The molecule has 0 atom stereocenters. The second-order valence-electron chi connectivity index (χ2n) is 4.68. The molecule has 0 aliphatic heterocycles. The molecular weight excluding hydrogens is 232 g/mol. The summed E-state index contributed by atoms with van der Waals surface area (Å²) in [5.41, 5.74) is 0. The molecule has 0 heterocycles. The van der Waals surface area contributed by atoms with Crippen molar-refractivity contribution in [2.75, 3.05) is 0 Å². The Balaban J connectivity index is 3.06. The molecule has 0 N–H and O–H groups in total. The first-order valence-electron chi connectivity index (χ1n) is 7.12. The molecular formula is C15H27ClO. The van der Waals surface area contributed by atoms with Gasteiger partial charge >= 0.3 is 0 Å². The third-order valence-corrected chi connectivity index (χ3v) is 3.25. The van der Waals surface area contributed by atoms with Gasteiger partial charge in [0.2, 0.25) is 0 Å². The number of halogens is 1. The van der Waals surface area contributed by atoms with E-state index < -0.39 is 0 Å². The molecule has 0 rings (SSSR count). The lowest BCUT2D eigenvalue weighted by Gasteiger charge is -2.01. The summed E-state index contributed by atoms with van der Waals surface area (Å²) in [6, 6.07) is 0. The van der Waals surface area contributed by atoms with Crippen molar-refractivity contribution in [1.82, 2.24) is 0 Å². The monoisotopic (exact) mass is 258 g/mol. The Bertz CT molecular complexity index is 199. The van der Waals surface area contributed by atoms with Crippen LogP contribution in [0.5, 0.6) is 0 Å². The van der Waals surface area contributed by atoms with Crippen LogP contribution in [0.15, 0.2) is 11.1 Å². The van der Waals surface area contributed by atoms with Crippen molar-refractivity contribution in [3.05, 3.63) is 11.1 Å². The highest BCUT2D eigenvalue weighted by atomic mass is 35.5. The van der Waals surface area contributed by atoms with Crippen molar-refractivity contribution in [2.24, 2.45) is 0 Å². The first kappa shape index (κ1) is 16.7. The molecule has 1 nitrogen and oxygen atoms in total. The zero-order chi connectivity index (χ0) is 12.8. The van der Waals surface area contributed by atoms with Crippen molar-refractivity contribution >= 4 is 17.9 Å². The maximum absolute atomic E-state index is 10.2. The summed E-state index contributed by atoms with van der Waals surface area (Å²) in [6.45, 7) is 2.26. The molecule has 0 amide bonds. The third-order valence-electron chi connectivity index (χ3n) is 3.01. The van der Waals surface area contributed by atoms with Crippen LogP contribution in [0.1, 0.15) is 77.6 Å². The van der Waals surface area contributed by atoms with Gasteiger partial charge in [-0.25, -0.2) is 0 Å². The van der Waals surface area contributed by atoms with Gasteiger partial charge in [-0.05, 0) is 12.8 Å². The van der Waals surface area contributed by atoms with E-state index in [-0.39, 0.29) is 0 Å². The van der Waals surface area contributed by atoms with Crippen molar-refractivity contribution in [3.63, 3.8) is 0 Å². The maximum Gasteiger partial charge on any atom is 0.161 e. The first-order valence-corrected chi connectivity index (χ1v) is 7.50. The number of hydrogen-bond acceptors (Lipinski definition) is 1. The van der Waals surface area contributed by atoms with Crippen molar-refractivity contribution in [3.8, 4) is 0 Å². The van der Waals surface area contributed by atoms with Crippen LogP contribution in [0, 0.1) is 0 Å². The Morgan fingerprint density at radius 3 is 1.82 bits per heavy atom. The summed E-state index contributed by atoms with van der Waals surface area (Å²) in [4.78, 5) is 10.2. The van der Waals surface area contributed by atoms with E-state index in [1.807, 2.05) is 6.08 Å². The highest BCUT2D eigenvalue weighted by Gasteiger charge is 1.92. The van der Waals surface area contributed by atoms with Crippen LogP contribution in [0.4, 0.5) is 0 Å². The average Bonchev–Trinajstić information content (AvgIpc) is 2.35. The van der Waals surface area contributed by atoms with Gasteiger partial charge < -0.3 is 0 Å². The van der Waals surface area contributed by atoms with Crippen LogP contribution >= 0.6 is 11.6 Å². The Morgan fingerprint density at radius 2 is 1.35 bits per heavy atom. The topological polar surface area (TPSA) is 17.1 Å². The van der Waals surface area contributed by atoms with Crippen molar-refractivity contribution < 1.29 is 4.79 Å². The molecule has 17 heavy (non-hydrogen) atoms. The van der Waals surface area contributed by atoms with Crippen LogP contribution < -0.4 is 0 Å². The number of unbranched alkanes of at least 4 members (excludes halogenated alkanes) is 10. The number of carbonyl (C=O) groups excluding carboxylic acids is 1. The Morgan fingerprint density at radius 1 is 0.882 bits per heavy atom. The minimum Gasteiger partial charge on any atom is -0.297 e. The summed E-state index contributed by atoms with van der Waals surface area (Å²) in [7, 11) is 0. The molecule has 0 radical (unpaired) electrons. The summed E-state index contributed by atoms with van der Waals surface area (Å²) >= 11 is 5.58. The van der Waals surface area contributed by atoms with E-state index in [0.717, 1.165) is 12.8 Å². The molecule has 0 fully saturated rings. The van der Waals surface area contributed by atoms with Crippen LogP contribution in [-0.2, 0) is 4.79 Å². The fraction of sp³-hybridized carbons (Fsp3) is 0.800. The van der Waals surface area contributed by atoms with E-state index in [1.165, 1.54) is 57.8 Å². The van der Waals surface area contributed by atoms with Crippen LogP contribution in [0.3, 0.4) is 0 Å². The summed E-state index contributed by atoms with van der Waals surface area (Å²) in [5, 5.41) is 0.348. The number of carbonyl (C=O) groups is 1. The lowest BCUT2D eigenvalue weighted by molar-refractivity contribution is -0.104. The van der Waals surface area contributed by atoms with E-state index >= 15 is 0 Å². The van der Waals surface area contributed by atoms with Gasteiger partial charge in [0, 0.05) is 0 Å². The molecule has 0 aliphatic rings. The third kappa shape index (κ3) is 13.6. The van der Waals surface area contributed by atoms with Gasteiger partial charge in [-0.15, -0.1) is 0 Å². The first-order chi connectivity index (χ1) is 8.31. The van der Waals surface area contributed by atoms with Gasteiger partial charge in [0.25, 0.3) is 0 Å². The van der Waals surface area contributed by atoms with Gasteiger partial charge in [-0.2, -0.15) is 0 Å². The predicted octanol–water partition coefficient (Wildman–Crippen LogP) is 5.62. The summed E-state index contributed by atoms with van der Waals surface area (Å²) < 4.78 is 0. The average molecular weight is 259 g/mol. The molecule has 100 valence electrons. The van der Waals surface area contributed by atoms with Gasteiger partial charge in [-0.1, -0.05) is 82.4 Å². The second kappa shape index (κ2) is 13.8. The zero-order valence-electron chi connectivity index (χ0n) is 11.2. The van der Waals surface area contributed by atoms with Crippen LogP contribution in [-0.4, -0.2) is 6.29 Å². The highest BCUT2D eigenvalue weighted by molar-refractivity contribution is 6.38. The minimum atomic E-state index is 0.348. The maximum atomic E-state index is 10.2. The number of aldehydes is 1. The summed E-state index contributed by atoms with van der Waals surface area (Å²) in [6.07, 6.45) is 16.9. The molecule has 0 aliphatic carbocycles. The van der Waals surface area contributed by atoms with Gasteiger partial charge in [-0.3, -0.25) is 4.79 Å². The summed E-state index contributed by atoms with van der Waals surface area (Å²) in [5.74, 6) is 0. The Kier molecular flexibility index (Phi) is 13.5. The van der Waals surface area contributed by atoms with Crippen LogP contribution in [0.25, 0.3) is 0 Å². The molecule has 0 aromatic heterocycles. The number of allylic oxidation sites excluding steroid dienone is 2. The molecule has 0 aromatic carbocycles. The minimum absolute atomic E-state index is 0.348. The van der Waals surface area contributed by atoms with Crippen molar-refractivity contribution in [2.45, 2.75) is 77.6 Å². The molecule has 0 bridgehead atoms. The fourth-order valence-corrected chi connectivity index (χ4v) is 2.03. The van der Waals surface area contributed by atoms with Gasteiger partial charge in [0.05, 0.1) is 5.03 Å². The lowest BCUT2D eigenvalue weighted by Crippen LogP contribution is -1.81. The zero-order valence-corrected chi connectivity index (χ0v) is 12.0. The molecule has 0 unspecified atom stereocenters. The molecule has 2 heteroatoms. The van der Waals surface area contributed by atoms with E-state index in [9.17, 15) is 4.79 Å². The van der Waals surface area contributed by atoms with Crippen LogP contribution in [0.2, 0.25) is 0 Å². The van der Waals surface area contributed by atoms with Gasteiger partial charge in [0.15, 0.2) is 6.29 Å². The fourth-order valence-electron chi connectivity index (χ4n) is 1.92. The number of rotatable bonds is 12. The molecule has 0 aromatic rings. The standard InChI is InChI=1S/C15H27ClO/c1-2-3-4-5-6-7-8-9-10-11-12-13-15(16)14-17/h13-14H,2-12H2,1H3. The Labute approximate surface area is 112 Å². The van der Waals surface area contributed by atoms with E-state index in [4.69, 9.17) is 11.6 Å². The Hall–Kier alpha value is -0.300. The van der Waals surface area contributed by atoms with Gasteiger partial charge in [0.1, 0.15) is 0 Å². The lowest BCUT2D eigenvalue weighted by atomic mass is 10.1. The van der Waals surface area contributed by atoms with Crippen molar-refractivity contribution in [1.29, 1.82) is 0 Å². The SMILES string of the molecule is CCCCCCCCCCCCC=C(Cl)C=O.